The maximum absolute atomic E-state index is 6.58. The van der Waals surface area contributed by atoms with Crippen molar-refractivity contribution in [1.82, 2.24) is 4.90 Å². The molecule has 0 spiro atoms. The first-order valence-electron chi connectivity index (χ1n) is 6.70. The van der Waals surface area contributed by atoms with Gasteiger partial charge in [0.2, 0.25) is 0 Å². The van der Waals surface area contributed by atoms with Crippen molar-refractivity contribution in [2.75, 3.05) is 14.1 Å². The molecule has 1 saturated carbocycles. The fraction of sp³-hybridized carbons (Fsp3) is 0.714. The van der Waals surface area contributed by atoms with Crippen molar-refractivity contribution < 1.29 is 0 Å². The van der Waals surface area contributed by atoms with Gasteiger partial charge in [0.1, 0.15) is 0 Å². The van der Waals surface area contributed by atoms with Gasteiger partial charge in [-0.1, -0.05) is 19.3 Å². The Balaban J connectivity index is 2.10. The largest absolute Gasteiger partial charge is 0.326 e. The SMILES string of the molecule is CN(C)C1(C(N)Cc2cc(Br)cs2)CCCCC1. The lowest BCUT2D eigenvalue weighted by Gasteiger charge is -2.47. The van der Waals surface area contributed by atoms with E-state index >= 15 is 0 Å². The zero-order valence-electron chi connectivity index (χ0n) is 11.3. The Morgan fingerprint density at radius 1 is 1.39 bits per heavy atom. The second-order valence-electron chi connectivity index (χ2n) is 5.60. The van der Waals surface area contributed by atoms with Crippen LogP contribution >= 0.6 is 27.3 Å². The van der Waals surface area contributed by atoms with Crippen molar-refractivity contribution in [3.63, 3.8) is 0 Å². The molecule has 0 aliphatic heterocycles. The van der Waals surface area contributed by atoms with Gasteiger partial charge in [-0.05, 0) is 55.4 Å². The summed E-state index contributed by atoms with van der Waals surface area (Å²) in [6.07, 6.45) is 7.49. The highest BCUT2D eigenvalue weighted by atomic mass is 79.9. The number of hydrogen-bond acceptors (Lipinski definition) is 3. The topological polar surface area (TPSA) is 29.3 Å². The lowest BCUT2D eigenvalue weighted by molar-refractivity contribution is 0.0718. The van der Waals surface area contributed by atoms with Crippen LogP contribution in [0.3, 0.4) is 0 Å². The highest BCUT2D eigenvalue weighted by molar-refractivity contribution is 9.10. The predicted octanol–water partition coefficient (Wildman–Crippen LogP) is 3.64. The first-order valence-corrected chi connectivity index (χ1v) is 8.38. The summed E-state index contributed by atoms with van der Waals surface area (Å²) in [6, 6.07) is 2.44. The Labute approximate surface area is 123 Å². The van der Waals surface area contributed by atoms with Crippen LogP contribution in [0.2, 0.25) is 0 Å². The molecule has 1 heterocycles. The molecule has 1 aliphatic rings. The molecule has 4 heteroatoms. The van der Waals surface area contributed by atoms with Gasteiger partial charge >= 0.3 is 0 Å². The fourth-order valence-electron chi connectivity index (χ4n) is 3.18. The van der Waals surface area contributed by atoms with Gasteiger partial charge in [0.05, 0.1) is 0 Å². The first kappa shape index (κ1) is 14.5. The Hall–Kier alpha value is 0.1000. The van der Waals surface area contributed by atoms with Crippen LogP contribution in [0.15, 0.2) is 15.9 Å². The molecule has 0 saturated heterocycles. The molecule has 1 aliphatic carbocycles. The van der Waals surface area contributed by atoms with Crippen molar-refractivity contribution >= 4 is 27.3 Å². The molecule has 2 nitrogen and oxygen atoms in total. The minimum Gasteiger partial charge on any atom is -0.326 e. The van der Waals surface area contributed by atoms with Gasteiger partial charge < -0.3 is 10.6 Å². The summed E-state index contributed by atoms with van der Waals surface area (Å²) < 4.78 is 1.18. The van der Waals surface area contributed by atoms with Crippen LogP contribution in [0, 0.1) is 0 Å². The summed E-state index contributed by atoms with van der Waals surface area (Å²) in [4.78, 5) is 3.76. The average Bonchev–Trinajstić information content (AvgIpc) is 2.75. The molecule has 0 aromatic carbocycles. The smallest absolute Gasteiger partial charge is 0.0357 e. The Bertz CT molecular complexity index is 383. The Morgan fingerprint density at radius 2 is 2.06 bits per heavy atom. The Morgan fingerprint density at radius 3 is 2.56 bits per heavy atom. The zero-order valence-corrected chi connectivity index (χ0v) is 13.7. The van der Waals surface area contributed by atoms with Gasteiger partial charge in [0, 0.05) is 26.3 Å². The van der Waals surface area contributed by atoms with E-state index in [1.807, 2.05) is 0 Å². The van der Waals surface area contributed by atoms with Crippen LogP contribution in [0.1, 0.15) is 37.0 Å². The molecular weight excluding hydrogens is 308 g/mol. The monoisotopic (exact) mass is 330 g/mol. The lowest BCUT2D eigenvalue weighted by atomic mass is 9.74. The molecule has 0 radical (unpaired) electrons. The maximum Gasteiger partial charge on any atom is 0.0357 e. The van der Waals surface area contributed by atoms with Gasteiger partial charge in [0.25, 0.3) is 0 Å². The summed E-state index contributed by atoms with van der Waals surface area (Å²) in [5, 5.41) is 2.14. The highest BCUT2D eigenvalue weighted by Crippen LogP contribution is 2.36. The molecule has 2 rings (SSSR count). The molecule has 1 atom stereocenters. The van der Waals surface area contributed by atoms with Gasteiger partial charge in [-0.3, -0.25) is 0 Å². The molecule has 1 aromatic heterocycles. The minimum atomic E-state index is 0.203. The third-order valence-electron chi connectivity index (χ3n) is 4.34. The van der Waals surface area contributed by atoms with E-state index in [2.05, 4.69) is 46.4 Å². The fourth-order valence-corrected chi connectivity index (χ4v) is 4.69. The van der Waals surface area contributed by atoms with Crippen molar-refractivity contribution in [1.29, 1.82) is 0 Å². The van der Waals surface area contributed by atoms with Gasteiger partial charge in [-0.25, -0.2) is 0 Å². The van der Waals surface area contributed by atoms with E-state index < -0.39 is 0 Å². The normalized spacial score (nSPS) is 21.2. The summed E-state index contributed by atoms with van der Waals surface area (Å²) in [6.45, 7) is 0. The quantitative estimate of drug-likeness (QED) is 0.913. The average molecular weight is 331 g/mol. The number of nitrogens with two attached hydrogens (primary N) is 1. The van der Waals surface area contributed by atoms with Crippen LogP contribution in [0.25, 0.3) is 0 Å². The summed E-state index contributed by atoms with van der Waals surface area (Å²) in [5.41, 5.74) is 6.78. The molecule has 2 N–H and O–H groups in total. The van der Waals surface area contributed by atoms with E-state index in [4.69, 9.17) is 5.73 Å². The minimum absolute atomic E-state index is 0.203. The van der Waals surface area contributed by atoms with E-state index in [1.165, 1.54) is 41.5 Å². The van der Waals surface area contributed by atoms with Crippen LogP contribution < -0.4 is 5.73 Å². The van der Waals surface area contributed by atoms with E-state index in [-0.39, 0.29) is 11.6 Å². The van der Waals surface area contributed by atoms with E-state index in [0.717, 1.165) is 6.42 Å². The summed E-state index contributed by atoms with van der Waals surface area (Å²) in [7, 11) is 4.38. The molecule has 102 valence electrons. The van der Waals surface area contributed by atoms with Gasteiger partial charge in [-0.2, -0.15) is 0 Å². The van der Waals surface area contributed by atoms with E-state index in [9.17, 15) is 0 Å². The molecule has 1 unspecified atom stereocenters. The molecular formula is C14H23BrN2S. The number of hydrogen-bond donors (Lipinski definition) is 1. The van der Waals surface area contributed by atoms with Crippen molar-refractivity contribution in [2.24, 2.45) is 5.73 Å². The van der Waals surface area contributed by atoms with E-state index in [0.29, 0.717) is 0 Å². The second-order valence-corrected chi connectivity index (χ2v) is 7.51. The molecule has 0 amide bonds. The van der Waals surface area contributed by atoms with Crippen molar-refractivity contribution in [3.05, 3.63) is 20.8 Å². The first-order chi connectivity index (χ1) is 8.54. The van der Waals surface area contributed by atoms with Crippen LogP contribution in [0.5, 0.6) is 0 Å². The van der Waals surface area contributed by atoms with Crippen molar-refractivity contribution in [3.8, 4) is 0 Å². The number of likely N-dealkylation sites (N-methyl/N-ethyl adjacent to an activating group) is 1. The van der Waals surface area contributed by atoms with Crippen molar-refractivity contribution in [2.45, 2.75) is 50.1 Å². The molecule has 0 bridgehead atoms. The standard InChI is InChI=1S/C14H23BrN2S/c1-17(2)14(6-4-3-5-7-14)13(16)9-12-8-11(15)10-18-12/h8,10,13H,3-7,9,16H2,1-2H3. The van der Waals surface area contributed by atoms with Crippen LogP contribution in [-0.4, -0.2) is 30.6 Å². The zero-order chi connectivity index (χ0) is 13.2. The number of thiophene rings is 1. The highest BCUT2D eigenvalue weighted by Gasteiger charge is 2.39. The second kappa shape index (κ2) is 6.04. The van der Waals surface area contributed by atoms with Gasteiger partial charge in [0.15, 0.2) is 0 Å². The number of halogens is 1. The summed E-state index contributed by atoms with van der Waals surface area (Å²) >= 11 is 5.33. The van der Waals surface area contributed by atoms with Crippen LogP contribution in [0.4, 0.5) is 0 Å². The van der Waals surface area contributed by atoms with E-state index in [1.54, 1.807) is 11.3 Å². The van der Waals surface area contributed by atoms with Crippen LogP contribution in [-0.2, 0) is 6.42 Å². The number of nitrogens with zero attached hydrogens (tertiary/aromatic N) is 1. The molecule has 1 aromatic rings. The molecule has 1 fully saturated rings. The number of rotatable bonds is 4. The van der Waals surface area contributed by atoms with Gasteiger partial charge in [-0.15, -0.1) is 11.3 Å². The third-order valence-corrected chi connectivity index (χ3v) is 6.06. The lowest BCUT2D eigenvalue weighted by Crippen LogP contribution is -2.59. The molecule has 18 heavy (non-hydrogen) atoms. The third kappa shape index (κ3) is 2.98. The maximum atomic E-state index is 6.58. The Kier molecular flexibility index (Phi) is 4.86. The predicted molar refractivity (Wildman–Crippen MR) is 83.2 cm³/mol. The summed E-state index contributed by atoms with van der Waals surface area (Å²) in [5.74, 6) is 0.